The number of ketones is 1. The second kappa shape index (κ2) is 4.56. The van der Waals surface area contributed by atoms with Gasteiger partial charge < -0.3 is 0 Å². The standard InChI is InChI=1S/C10H7N3OS/c14-8(9-3-1-6-15-9)7-13-10-11-4-2-5-12-10/h1-7H/b13-7+. The highest BCUT2D eigenvalue weighted by atomic mass is 32.1. The first-order chi connectivity index (χ1) is 7.36. The van der Waals surface area contributed by atoms with E-state index in [1.165, 1.54) is 17.6 Å². The van der Waals surface area contributed by atoms with Crippen molar-refractivity contribution in [3.8, 4) is 0 Å². The molecular formula is C10H7N3OS. The van der Waals surface area contributed by atoms with E-state index in [2.05, 4.69) is 15.0 Å². The first-order valence-corrected chi connectivity index (χ1v) is 5.13. The smallest absolute Gasteiger partial charge is 0.249 e. The van der Waals surface area contributed by atoms with E-state index in [4.69, 9.17) is 0 Å². The van der Waals surface area contributed by atoms with E-state index in [1.54, 1.807) is 24.5 Å². The zero-order chi connectivity index (χ0) is 10.5. The van der Waals surface area contributed by atoms with E-state index in [0.717, 1.165) is 0 Å². The number of thiophene rings is 1. The van der Waals surface area contributed by atoms with Crippen molar-refractivity contribution in [2.75, 3.05) is 0 Å². The van der Waals surface area contributed by atoms with Crippen LogP contribution in [0.15, 0.2) is 41.0 Å². The molecule has 4 nitrogen and oxygen atoms in total. The molecule has 0 unspecified atom stereocenters. The summed E-state index contributed by atoms with van der Waals surface area (Å²) >= 11 is 1.38. The third kappa shape index (κ3) is 2.54. The number of carbonyl (C=O) groups is 1. The maximum absolute atomic E-state index is 11.5. The number of Topliss-reactive ketones (excluding diaryl/α,β-unsaturated/α-hetero) is 1. The predicted octanol–water partition coefficient (Wildman–Crippen LogP) is 2.12. The molecular weight excluding hydrogens is 210 g/mol. The van der Waals surface area contributed by atoms with Crippen molar-refractivity contribution < 1.29 is 4.79 Å². The normalized spacial score (nSPS) is 10.7. The van der Waals surface area contributed by atoms with Gasteiger partial charge in [-0.1, -0.05) is 6.07 Å². The van der Waals surface area contributed by atoms with Gasteiger partial charge in [-0.3, -0.25) is 4.79 Å². The van der Waals surface area contributed by atoms with Crippen LogP contribution in [-0.4, -0.2) is 22.0 Å². The van der Waals surface area contributed by atoms with Crippen LogP contribution in [0, 0.1) is 0 Å². The average Bonchev–Trinajstić information content (AvgIpc) is 2.81. The molecule has 2 aromatic heterocycles. The molecule has 0 bridgehead atoms. The molecule has 0 radical (unpaired) electrons. The largest absolute Gasteiger partial charge is 0.287 e. The molecule has 74 valence electrons. The van der Waals surface area contributed by atoms with Crippen LogP contribution in [0.2, 0.25) is 0 Å². The van der Waals surface area contributed by atoms with Gasteiger partial charge in [-0.25, -0.2) is 15.0 Å². The quantitative estimate of drug-likeness (QED) is 0.584. The van der Waals surface area contributed by atoms with Crippen LogP contribution in [0.3, 0.4) is 0 Å². The van der Waals surface area contributed by atoms with Crippen LogP contribution < -0.4 is 0 Å². The topological polar surface area (TPSA) is 55.2 Å². The number of hydrogen-bond donors (Lipinski definition) is 0. The Labute approximate surface area is 90.4 Å². The molecule has 2 aromatic rings. The highest BCUT2D eigenvalue weighted by molar-refractivity contribution is 7.12. The van der Waals surface area contributed by atoms with Crippen molar-refractivity contribution in [3.05, 3.63) is 40.8 Å². The Morgan fingerprint density at radius 1 is 1.33 bits per heavy atom. The van der Waals surface area contributed by atoms with Crippen molar-refractivity contribution in [3.63, 3.8) is 0 Å². The molecule has 15 heavy (non-hydrogen) atoms. The number of rotatable bonds is 3. The summed E-state index contributed by atoms with van der Waals surface area (Å²) in [7, 11) is 0. The average molecular weight is 217 g/mol. The lowest BCUT2D eigenvalue weighted by Crippen LogP contribution is -1.96. The van der Waals surface area contributed by atoms with Gasteiger partial charge in [0.1, 0.15) is 0 Å². The summed E-state index contributed by atoms with van der Waals surface area (Å²) in [5.41, 5.74) is 0. The predicted molar refractivity (Wildman–Crippen MR) is 58.8 cm³/mol. The molecule has 0 saturated carbocycles. The lowest BCUT2D eigenvalue weighted by atomic mass is 10.3. The van der Waals surface area contributed by atoms with Crippen LogP contribution in [-0.2, 0) is 0 Å². The van der Waals surface area contributed by atoms with Crippen LogP contribution in [0.1, 0.15) is 9.67 Å². The van der Waals surface area contributed by atoms with Gasteiger partial charge in [-0.15, -0.1) is 11.3 Å². The van der Waals surface area contributed by atoms with E-state index in [1.807, 2.05) is 11.4 Å². The van der Waals surface area contributed by atoms with Crippen LogP contribution >= 0.6 is 11.3 Å². The third-order valence-electron chi connectivity index (χ3n) is 1.61. The lowest BCUT2D eigenvalue weighted by Gasteiger charge is -1.89. The Hall–Kier alpha value is -1.88. The maximum atomic E-state index is 11.5. The molecule has 0 amide bonds. The third-order valence-corrected chi connectivity index (χ3v) is 2.50. The number of nitrogens with zero attached hydrogens (tertiary/aromatic N) is 3. The van der Waals surface area contributed by atoms with Gasteiger partial charge in [-0.05, 0) is 17.5 Å². The summed E-state index contributed by atoms with van der Waals surface area (Å²) in [5, 5.41) is 1.85. The summed E-state index contributed by atoms with van der Waals surface area (Å²) in [4.78, 5) is 23.8. The molecule has 0 aliphatic carbocycles. The fraction of sp³-hybridized carbons (Fsp3) is 0. The summed E-state index contributed by atoms with van der Waals surface area (Å²) in [5.74, 6) is 0.167. The highest BCUT2D eigenvalue weighted by Crippen LogP contribution is 2.08. The van der Waals surface area contributed by atoms with Crippen molar-refractivity contribution in [2.45, 2.75) is 0 Å². The van der Waals surface area contributed by atoms with Gasteiger partial charge in [0.25, 0.3) is 0 Å². The molecule has 0 aliphatic heterocycles. The minimum absolute atomic E-state index is 0.127. The second-order valence-corrected chi connectivity index (χ2v) is 3.60. The Morgan fingerprint density at radius 3 is 2.80 bits per heavy atom. The summed E-state index contributed by atoms with van der Waals surface area (Å²) < 4.78 is 0. The summed E-state index contributed by atoms with van der Waals surface area (Å²) in [6, 6.07) is 5.27. The fourth-order valence-corrected chi connectivity index (χ4v) is 1.59. The van der Waals surface area contributed by atoms with Gasteiger partial charge in [0, 0.05) is 12.4 Å². The molecule has 2 rings (SSSR count). The van der Waals surface area contributed by atoms with Crippen LogP contribution in [0.25, 0.3) is 0 Å². The summed E-state index contributed by atoms with van der Waals surface area (Å²) in [6.07, 6.45) is 4.39. The number of aliphatic imine (C=N–C) groups is 1. The van der Waals surface area contributed by atoms with Gasteiger partial charge in [0.15, 0.2) is 0 Å². The zero-order valence-electron chi connectivity index (χ0n) is 7.70. The Morgan fingerprint density at radius 2 is 2.13 bits per heavy atom. The molecule has 0 saturated heterocycles. The maximum Gasteiger partial charge on any atom is 0.249 e. The van der Waals surface area contributed by atoms with Crippen molar-refractivity contribution in [1.82, 2.24) is 9.97 Å². The molecule has 0 spiro atoms. The number of aromatic nitrogens is 2. The molecule has 0 fully saturated rings. The Balaban J connectivity index is 2.10. The minimum atomic E-state index is -0.127. The Bertz CT molecular complexity index is 465. The first kappa shape index (κ1) is 9.67. The van der Waals surface area contributed by atoms with Crippen LogP contribution in [0.4, 0.5) is 5.95 Å². The van der Waals surface area contributed by atoms with Crippen molar-refractivity contribution in [2.24, 2.45) is 4.99 Å². The van der Waals surface area contributed by atoms with E-state index >= 15 is 0 Å². The minimum Gasteiger partial charge on any atom is -0.287 e. The monoisotopic (exact) mass is 217 g/mol. The number of carbonyl (C=O) groups excluding carboxylic acids is 1. The molecule has 5 heteroatoms. The zero-order valence-corrected chi connectivity index (χ0v) is 8.52. The highest BCUT2D eigenvalue weighted by Gasteiger charge is 2.02. The van der Waals surface area contributed by atoms with E-state index in [-0.39, 0.29) is 5.78 Å². The van der Waals surface area contributed by atoms with E-state index in [0.29, 0.717) is 10.8 Å². The molecule has 0 aliphatic rings. The van der Waals surface area contributed by atoms with E-state index in [9.17, 15) is 4.79 Å². The van der Waals surface area contributed by atoms with E-state index < -0.39 is 0 Å². The second-order valence-electron chi connectivity index (χ2n) is 2.65. The Kier molecular flexibility index (Phi) is 2.94. The SMILES string of the molecule is O=C(/C=N/c1ncccn1)c1cccs1. The molecule has 0 aromatic carbocycles. The number of hydrogen-bond acceptors (Lipinski definition) is 5. The molecule has 0 atom stereocenters. The van der Waals surface area contributed by atoms with Gasteiger partial charge >= 0.3 is 0 Å². The summed E-state index contributed by atoms with van der Waals surface area (Å²) in [6.45, 7) is 0. The van der Waals surface area contributed by atoms with Gasteiger partial charge in [0.2, 0.25) is 11.7 Å². The van der Waals surface area contributed by atoms with Crippen molar-refractivity contribution >= 4 is 29.3 Å². The molecule has 2 heterocycles. The van der Waals surface area contributed by atoms with Gasteiger partial charge in [0.05, 0.1) is 11.1 Å². The fourth-order valence-electron chi connectivity index (χ4n) is 0.957. The lowest BCUT2D eigenvalue weighted by molar-refractivity contribution is 0.107. The molecule has 0 N–H and O–H groups in total. The van der Waals surface area contributed by atoms with Crippen LogP contribution in [0.5, 0.6) is 0 Å². The van der Waals surface area contributed by atoms with Gasteiger partial charge in [-0.2, -0.15) is 0 Å². The first-order valence-electron chi connectivity index (χ1n) is 4.25. The van der Waals surface area contributed by atoms with Crippen molar-refractivity contribution in [1.29, 1.82) is 0 Å².